The number of hydrogen-bond donors (Lipinski definition) is 0. The third kappa shape index (κ3) is 136. The van der Waals surface area contributed by atoms with Gasteiger partial charge in [-0.1, -0.05) is 0 Å². The Hall–Kier alpha value is 2.28. The summed E-state index contributed by atoms with van der Waals surface area (Å²) < 4.78 is -6.21. The van der Waals surface area contributed by atoms with Crippen molar-refractivity contribution in [2.45, 2.75) is 0 Å². The predicted octanol–water partition coefficient (Wildman–Crippen LogP) is 5.18. The molecule has 0 fully saturated rings. The summed E-state index contributed by atoms with van der Waals surface area (Å²) in [6.07, 6.45) is 0. The molecule has 0 aliphatic rings. The van der Waals surface area contributed by atoms with E-state index >= 15 is 0 Å². The van der Waals surface area contributed by atoms with Crippen LogP contribution in [0.15, 0.2) is 0 Å². The number of rotatable bonds is 0. The molecule has 0 radical (unpaired) electrons. The van der Waals surface area contributed by atoms with Crippen LogP contribution in [0, 0.1) is 0 Å². The van der Waals surface area contributed by atoms with Gasteiger partial charge in [-0.15, -0.1) is 0 Å². The van der Waals surface area contributed by atoms with Crippen LogP contribution in [-0.4, -0.2) is 0 Å². The predicted molar refractivity (Wildman–Crippen MR) is 60.7 cm³/mol. The van der Waals surface area contributed by atoms with Crippen LogP contribution in [0.25, 0.3) is 0 Å². The Morgan fingerprint density at radius 3 is 0.444 bits per heavy atom. The first-order valence-corrected chi connectivity index (χ1v) is 14.3. The Labute approximate surface area is 78.5 Å². The summed E-state index contributed by atoms with van der Waals surface area (Å²) in [6, 6.07) is 0. The summed E-state index contributed by atoms with van der Waals surface area (Å²) in [5.41, 5.74) is 0. The zero-order chi connectivity index (χ0) is 8.35. The van der Waals surface area contributed by atoms with Gasteiger partial charge >= 0.3 is 80.0 Å². The maximum absolute atomic E-state index is 6.21. The fourth-order valence-corrected chi connectivity index (χ4v) is 0. The molecule has 0 bridgehead atoms. The van der Waals surface area contributed by atoms with Crippen molar-refractivity contribution in [1.82, 2.24) is 0 Å². The summed E-state index contributed by atoms with van der Waals surface area (Å²) in [5, 5.41) is 0. The average molecular weight is 312 g/mol. The van der Waals surface area contributed by atoms with E-state index in [4.69, 9.17) is 0 Å². The fourth-order valence-electron chi connectivity index (χ4n) is 0. The van der Waals surface area contributed by atoms with E-state index in [1.807, 2.05) is 0 Å². The van der Waals surface area contributed by atoms with Gasteiger partial charge in [-0.25, -0.2) is 0 Å². The first-order valence-electron chi connectivity index (χ1n) is 1.15. The molecule has 0 aliphatic heterocycles. The van der Waals surface area contributed by atoms with Crippen molar-refractivity contribution >= 4 is 84.4 Å². The molecule has 0 spiro atoms. The molecule has 0 aromatic carbocycles. The maximum atomic E-state index is 4.49. The van der Waals surface area contributed by atoms with Crippen molar-refractivity contribution in [2.75, 3.05) is 0 Å². The molecule has 0 nitrogen and oxygen atoms in total. The molecule has 9 heavy (non-hydrogen) atoms. The monoisotopic (exact) mass is 312 g/mol. The molecule has 0 saturated carbocycles. The molecular formula is FeS8-13. The van der Waals surface area contributed by atoms with E-state index < -0.39 is -4.41 Å². The topological polar surface area (TPSA) is 0 Å². The van der Waals surface area contributed by atoms with Gasteiger partial charge in [0.25, 0.3) is 0 Å². The molecule has 0 atom stereocenters. The summed E-state index contributed by atoms with van der Waals surface area (Å²) in [7, 11) is 35.9. The summed E-state index contributed by atoms with van der Waals surface area (Å²) >= 11 is 0. The molecule has 0 amide bonds. The van der Waals surface area contributed by atoms with E-state index in [1.54, 1.807) is 0 Å². The van der Waals surface area contributed by atoms with Gasteiger partial charge in [-0.05, 0) is 0 Å². The third-order valence-electron chi connectivity index (χ3n) is 0. The zero-order valence-electron chi connectivity index (χ0n) is 3.62. The van der Waals surface area contributed by atoms with Gasteiger partial charge in [0, 0.05) is 0 Å². The molecule has 9 heteroatoms. The van der Waals surface area contributed by atoms with E-state index in [0.717, 1.165) is 0 Å². The Morgan fingerprint density at radius 2 is 0.444 bits per heavy atom. The van der Waals surface area contributed by atoms with Gasteiger partial charge in [-0.3, -0.25) is 0 Å². The quantitative estimate of drug-likeness (QED) is 0.554. The minimum absolute atomic E-state index is 4.49. The fraction of sp³-hybridized carbons (Fsp3) is 0. The third-order valence-corrected chi connectivity index (χ3v) is 0. The van der Waals surface area contributed by atoms with E-state index in [9.17, 15) is 0 Å². The van der Waals surface area contributed by atoms with Gasteiger partial charge in [0.15, 0.2) is 0 Å². The van der Waals surface area contributed by atoms with E-state index in [2.05, 4.69) is 84.4 Å². The van der Waals surface area contributed by atoms with Crippen LogP contribution in [0.2, 0.25) is 0 Å². The second kappa shape index (κ2) is 0.965. The Bertz CT molecular complexity index is 876. The molecular weight excluding hydrogens is 312 g/mol. The van der Waals surface area contributed by atoms with Gasteiger partial charge in [0.1, 0.15) is 0 Å². The van der Waals surface area contributed by atoms with E-state index in [-0.39, 0.29) is 0 Å². The molecule has 0 N–H and O–H groups in total. The zero-order valence-corrected chi connectivity index (χ0v) is 11.3. The summed E-state index contributed by atoms with van der Waals surface area (Å²) in [6.45, 7) is 0. The molecule has 0 heterocycles. The molecule has 0 saturated heterocycles. The van der Waals surface area contributed by atoms with Crippen LogP contribution in [0.4, 0.5) is 0 Å². The molecule has 0 unspecified atom stereocenters. The standard InChI is InChI=1S/Fe.8S/q-13;;;;;;;;. The summed E-state index contributed by atoms with van der Waals surface area (Å²) in [4.78, 5) is 0. The van der Waals surface area contributed by atoms with Crippen molar-refractivity contribution in [3.05, 3.63) is 0 Å². The van der Waals surface area contributed by atoms with Crippen LogP contribution < -0.4 is 0 Å². The SMILES string of the molecule is [S]=[Fe-13](=[S])(=[S])(=[S])(=[S])(=[S])(=[S])=[S]. The van der Waals surface area contributed by atoms with Gasteiger partial charge in [0.05, 0.1) is 0 Å². The van der Waals surface area contributed by atoms with E-state index in [0.29, 0.717) is 0 Å². The molecule has 0 rings (SSSR count). The van der Waals surface area contributed by atoms with Crippen molar-refractivity contribution in [3.8, 4) is 0 Å². The molecule has 0 aromatic rings. The van der Waals surface area contributed by atoms with Gasteiger partial charge < -0.3 is 0 Å². The minimum atomic E-state index is -6.21. The molecule has 0 aromatic heterocycles. The van der Waals surface area contributed by atoms with Crippen LogP contribution in [0.5, 0.6) is 0 Å². The first-order chi connectivity index (χ1) is 2.83. The van der Waals surface area contributed by atoms with Gasteiger partial charge in [0.2, 0.25) is 0 Å². The van der Waals surface area contributed by atoms with Crippen LogP contribution in [-0.2, 0) is -4.41 Å². The molecule has 0 aliphatic carbocycles. The van der Waals surface area contributed by atoms with E-state index in [1.165, 1.54) is 0 Å². The second-order valence-electron chi connectivity index (χ2n) is 1.65. The van der Waals surface area contributed by atoms with Crippen molar-refractivity contribution in [3.63, 3.8) is 0 Å². The normalized spacial score (nSPS) is 30.2. The van der Waals surface area contributed by atoms with Crippen LogP contribution in [0.3, 0.4) is 0 Å². The Balaban J connectivity index is 11.7. The average Bonchev–Trinajstić information content (AvgIpc) is 0.503. The van der Waals surface area contributed by atoms with Crippen molar-refractivity contribution in [1.29, 1.82) is 0 Å². The second-order valence-corrected chi connectivity index (χ2v) is 61.2. The first kappa shape index (κ1) is 11.3. The Kier molecular flexibility index (Phi) is 1.21. The van der Waals surface area contributed by atoms with Crippen molar-refractivity contribution < 1.29 is -4.41 Å². The van der Waals surface area contributed by atoms with Crippen LogP contribution >= 0.6 is 84.4 Å². The Morgan fingerprint density at radius 1 is 0.444 bits per heavy atom. The van der Waals surface area contributed by atoms with Crippen molar-refractivity contribution in [2.24, 2.45) is 0 Å². The van der Waals surface area contributed by atoms with Crippen LogP contribution in [0.1, 0.15) is 0 Å². The molecule has 69 valence electrons. The summed E-state index contributed by atoms with van der Waals surface area (Å²) in [5.74, 6) is 0. The number of hydrogen-bond acceptors (Lipinski definition) is 8. The van der Waals surface area contributed by atoms with Gasteiger partial charge in [-0.2, -0.15) is 0 Å².